The highest BCUT2D eigenvalue weighted by molar-refractivity contribution is 5.73. The maximum absolute atomic E-state index is 13.8. The van der Waals surface area contributed by atoms with Crippen molar-refractivity contribution in [3.05, 3.63) is 47.7 Å². The van der Waals surface area contributed by atoms with Crippen molar-refractivity contribution in [2.45, 2.75) is 62.7 Å². The van der Waals surface area contributed by atoms with Gasteiger partial charge < -0.3 is 24.6 Å². The van der Waals surface area contributed by atoms with Gasteiger partial charge in [0.2, 0.25) is 5.91 Å². The second-order valence-electron chi connectivity index (χ2n) is 10.0. The molecule has 2 N–H and O–H groups in total. The van der Waals surface area contributed by atoms with Gasteiger partial charge in [0, 0.05) is 45.3 Å². The molecule has 40 heavy (non-hydrogen) atoms. The molecule has 0 saturated carbocycles. The zero-order valence-electron chi connectivity index (χ0n) is 21.9. The largest absolute Gasteiger partial charge is 0.394 e. The Morgan fingerprint density at radius 1 is 1.07 bits per heavy atom. The SMILES string of the molecule is CO[C@@H]1[C@@H](n2cc(-c3cc(F)c(F)c(F)c3)nn2)[C@@H](O)[C@@H](CO)O[C@H]1Cc1cn(C2CCN(C(C)=O)CC2)nn1. The third-order valence-corrected chi connectivity index (χ3v) is 7.58. The molecule has 5 atom stereocenters. The molecule has 2 saturated heterocycles. The number of rotatable bonds is 7. The van der Waals surface area contributed by atoms with E-state index in [9.17, 15) is 28.2 Å². The Bertz CT molecular complexity index is 1320. The van der Waals surface area contributed by atoms with Gasteiger partial charge in [-0.1, -0.05) is 10.4 Å². The van der Waals surface area contributed by atoms with Gasteiger partial charge in [0.05, 0.1) is 30.6 Å². The van der Waals surface area contributed by atoms with Gasteiger partial charge >= 0.3 is 0 Å². The van der Waals surface area contributed by atoms with Crippen LogP contribution in [0.1, 0.15) is 37.5 Å². The number of carbonyl (C=O) groups is 1. The third kappa shape index (κ3) is 5.46. The minimum atomic E-state index is -1.59. The van der Waals surface area contributed by atoms with Gasteiger partial charge in [-0.25, -0.2) is 22.5 Å². The van der Waals surface area contributed by atoms with Gasteiger partial charge in [0.15, 0.2) is 17.5 Å². The van der Waals surface area contributed by atoms with Crippen LogP contribution < -0.4 is 0 Å². The molecule has 2 aromatic heterocycles. The number of hydrogen-bond acceptors (Lipinski definition) is 9. The lowest BCUT2D eigenvalue weighted by atomic mass is 9.90. The molecule has 2 fully saturated rings. The predicted octanol–water partition coefficient (Wildman–Crippen LogP) is 1.06. The Kier molecular flexibility index (Phi) is 8.16. The zero-order chi connectivity index (χ0) is 28.6. The summed E-state index contributed by atoms with van der Waals surface area (Å²) in [5.74, 6) is -4.29. The molecule has 2 aliphatic rings. The smallest absolute Gasteiger partial charge is 0.219 e. The number of likely N-dealkylation sites (tertiary alicyclic amines) is 1. The first-order valence-corrected chi connectivity index (χ1v) is 12.9. The molecule has 0 spiro atoms. The number of carbonyl (C=O) groups excluding carboxylic acids is 1. The van der Waals surface area contributed by atoms with Gasteiger partial charge in [0.1, 0.15) is 30.0 Å². The van der Waals surface area contributed by atoms with Crippen LogP contribution in [0.25, 0.3) is 11.3 Å². The molecular formula is C25H30F3N7O5. The van der Waals surface area contributed by atoms with Crippen molar-refractivity contribution in [2.75, 3.05) is 26.8 Å². The monoisotopic (exact) mass is 565 g/mol. The first-order chi connectivity index (χ1) is 19.2. The highest BCUT2D eigenvalue weighted by Crippen LogP contribution is 2.34. The van der Waals surface area contributed by atoms with Crippen LogP contribution in [0.5, 0.6) is 0 Å². The first-order valence-electron chi connectivity index (χ1n) is 12.9. The number of piperidine rings is 1. The first kappa shape index (κ1) is 28.1. The van der Waals surface area contributed by atoms with Gasteiger partial charge in [-0.05, 0) is 25.0 Å². The molecule has 1 amide bonds. The summed E-state index contributed by atoms with van der Waals surface area (Å²) in [6, 6.07) is 0.793. The van der Waals surface area contributed by atoms with E-state index in [2.05, 4.69) is 20.6 Å². The van der Waals surface area contributed by atoms with E-state index < -0.39 is 54.5 Å². The van der Waals surface area contributed by atoms with E-state index >= 15 is 0 Å². The summed E-state index contributed by atoms with van der Waals surface area (Å²) in [5, 5.41) is 37.5. The van der Waals surface area contributed by atoms with Crippen molar-refractivity contribution in [1.29, 1.82) is 0 Å². The Labute approximate surface area is 227 Å². The minimum Gasteiger partial charge on any atom is -0.394 e. The normalized spacial score (nSPS) is 25.9. The summed E-state index contributed by atoms with van der Waals surface area (Å²) in [4.78, 5) is 13.4. The van der Waals surface area contributed by atoms with Crippen LogP contribution in [0.2, 0.25) is 0 Å². The Hall–Kier alpha value is -3.40. The molecule has 3 aromatic rings. The van der Waals surface area contributed by atoms with E-state index in [0.29, 0.717) is 18.8 Å². The second-order valence-corrected chi connectivity index (χ2v) is 10.0. The fourth-order valence-corrected chi connectivity index (χ4v) is 5.43. The van der Waals surface area contributed by atoms with Gasteiger partial charge in [0.25, 0.3) is 0 Å². The lowest BCUT2D eigenvalue weighted by Crippen LogP contribution is -2.57. The van der Waals surface area contributed by atoms with E-state index in [-0.39, 0.29) is 29.6 Å². The molecule has 0 radical (unpaired) electrons. The van der Waals surface area contributed by atoms with E-state index in [0.717, 1.165) is 25.0 Å². The number of hydrogen-bond donors (Lipinski definition) is 2. The maximum Gasteiger partial charge on any atom is 0.219 e. The number of aliphatic hydroxyl groups excluding tert-OH is 2. The molecule has 1 aromatic carbocycles. The maximum atomic E-state index is 13.8. The lowest BCUT2D eigenvalue weighted by molar-refractivity contribution is -0.212. The number of halogens is 3. The molecule has 0 bridgehead atoms. The Morgan fingerprint density at radius 3 is 2.38 bits per heavy atom. The van der Waals surface area contributed by atoms with Crippen molar-refractivity contribution in [3.8, 4) is 11.3 Å². The minimum absolute atomic E-state index is 0.0424. The van der Waals surface area contributed by atoms with Crippen LogP contribution in [-0.4, -0.2) is 102 Å². The predicted molar refractivity (Wildman–Crippen MR) is 131 cm³/mol. The number of ether oxygens (including phenoxy) is 2. The molecule has 216 valence electrons. The third-order valence-electron chi connectivity index (χ3n) is 7.58. The van der Waals surface area contributed by atoms with E-state index in [1.807, 2.05) is 6.20 Å². The number of aromatic nitrogens is 6. The fourth-order valence-electron chi connectivity index (χ4n) is 5.43. The van der Waals surface area contributed by atoms with Crippen molar-refractivity contribution in [2.24, 2.45) is 0 Å². The number of amides is 1. The summed E-state index contributed by atoms with van der Waals surface area (Å²) in [6.45, 7) is 2.33. The number of benzene rings is 1. The summed E-state index contributed by atoms with van der Waals surface area (Å²) >= 11 is 0. The molecule has 12 nitrogen and oxygen atoms in total. The van der Waals surface area contributed by atoms with Gasteiger partial charge in [-0.3, -0.25) is 4.79 Å². The highest BCUT2D eigenvalue weighted by atomic mass is 19.2. The Balaban J connectivity index is 1.35. The van der Waals surface area contributed by atoms with Crippen LogP contribution in [0, 0.1) is 17.5 Å². The van der Waals surface area contributed by atoms with Crippen molar-refractivity contribution in [1.82, 2.24) is 34.9 Å². The quantitative estimate of drug-likeness (QED) is 0.403. The van der Waals surface area contributed by atoms with Crippen molar-refractivity contribution >= 4 is 5.91 Å². The number of nitrogens with zero attached hydrogens (tertiary/aromatic N) is 7. The van der Waals surface area contributed by atoms with Crippen LogP contribution in [0.3, 0.4) is 0 Å². The summed E-state index contributed by atoms with van der Waals surface area (Å²) in [7, 11) is 1.43. The summed E-state index contributed by atoms with van der Waals surface area (Å²) in [6.07, 6.45) is 1.15. The van der Waals surface area contributed by atoms with Crippen LogP contribution >= 0.6 is 0 Å². The summed E-state index contributed by atoms with van der Waals surface area (Å²) in [5.41, 5.74) is 0.603. The molecule has 5 rings (SSSR count). The second kappa shape index (κ2) is 11.6. The average Bonchev–Trinajstić information content (AvgIpc) is 3.62. The van der Waals surface area contributed by atoms with Gasteiger partial charge in [-0.2, -0.15) is 0 Å². The molecule has 15 heteroatoms. The Morgan fingerprint density at radius 2 is 1.75 bits per heavy atom. The molecular weight excluding hydrogens is 535 g/mol. The van der Waals surface area contributed by atoms with Gasteiger partial charge in [-0.15, -0.1) is 10.2 Å². The topological polar surface area (TPSA) is 141 Å². The molecule has 2 aliphatic heterocycles. The molecule has 0 aliphatic carbocycles. The average molecular weight is 566 g/mol. The standard InChI is InChI=1S/C25H30F3N7O5/c1-13(37)33-5-3-16(4-6-33)34-10-15(29-31-34)9-20-25(39-2)23(24(38)21(12-36)40-20)35-11-19(30-32-35)14-7-17(26)22(28)18(27)8-14/h7-8,10-11,16,20-21,23-25,36,38H,3-6,9,12H2,1-2H3/t20-,21+,23-,24-,25-/m0/s1. The molecule has 4 heterocycles. The van der Waals surface area contributed by atoms with Crippen molar-refractivity contribution < 1.29 is 37.7 Å². The highest BCUT2D eigenvalue weighted by Gasteiger charge is 2.47. The number of methoxy groups -OCH3 is 1. The lowest BCUT2D eigenvalue weighted by Gasteiger charge is -2.43. The van der Waals surface area contributed by atoms with Crippen molar-refractivity contribution in [3.63, 3.8) is 0 Å². The summed E-state index contributed by atoms with van der Waals surface area (Å²) < 4.78 is 55.8. The van der Waals surface area contributed by atoms with E-state index in [4.69, 9.17) is 9.47 Å². The molecule has 0 unspecified atom stereocenters. The van der Waals surface area contributed by atoms with Crippen LogP contribution in [0.4, 0.5) is 13.2 Å². The fraction of sp³-hybridized carbons (Fsp3) is 0.560. The van der Waals surface area contributed by atoms with Crippen LogP contribution in [0.15, 0.2) is 24.5 Å². The number of aliphatic hydroxyl groups is 2. The van der Waals surface area contributed by atoms with E-state index in [1.165, 1.54) is 18.0 Å². The zero-order valence-corrected chi connectivity index (χ0v) is 21.9. The van der Waals surface area contributed by atoms with E-state index in [1.54, 1.807) is 16.5 Å². The van der Waals surface area contributed by atoms with Crippen LogP contribution in [-0.2, 0) is 20.7 Å².